The van der Waals surface area contributed by atoms with Gasteiger partial charge in [0, 0.05) is 16.8 Å². The monoisotopic (exact) mass is 289 g/mol. The molecular formula is C15H16ClN3O. The molecule has 0 bridgehead atoms. The Hall–Kier alpha value is -2.20. The predicted octanol–water partition coefficient (Wildman–Crippen LogP) is 3.68. The van der Waals surface area contributed by atoms with Crippen LogP contribution < -0.4 is 15.8 Å². The Balaban J connectivity index is 2.40. The lowest BCUT2D eigenvalue weighted by Gasteiger charge is -2.09. The van der Waals surface area contributed by atoms with Crippen LogP contribution in [-0.2, 0) is 0 Å². The zero-order valence-electron chi connectivity index (χ0n) is 11.4. The number of halogens is 1. The molecule has 0 atom stereocenters. The van der Waals surface area contributed by atoms with E-state index in [2.05, 4.69) is 16.9 Å². The Morgan fingerprint density at radius 1 is 1.45 bits per heavy atom. The predicted molar refractivity (Wildman–Crippen MR) is 84.0 cm³/mol. The average Bonchev–Trinajstić information content (AvgIpc) is 2.36. The maximum Gasteiger partial charge on any atom is 0.139 e. The highest BCUT2D eigenvalue weighted by Crippen LogP contribution is 2.28. The third-order valence-electron chi connectivity index (χ3n) is 2.68. The number of aromatic nitrogens is 1. The van der Waals surface area contributed by atoms with Crippen LogP contribution in [0.25, 0.3) is 10.8 Å². The molecular weight excluding hydrogens is 274 g/mol. The van der Waals surface area contributed by atoms with Crippen molar-refractivity contribution in [3.63, 3.8) is 0 Å². The third kappa shape index (κ3) is 3.22. The largest absolute Gasteiger partial charge is 0.497 e. The fourth-order valence-electron chi connectivity index (χ4n) is 1.86. The summed E-state index contributed by atoms with van der Waals surface area (Å²) in [6, 6.07) is 7.52. The van der Waals surface area contributed by atoms with Crippen molar-refractivity contribution in [1.82, 2.24) is 4.98 Å². The highest BCUT2D eigenvalue weighted by molar-refractivity contribution is 6.34. The Kier molecular flexibility index (Phi) is 4.15. The van der Waals surface area contributed by atoms with Crippen molar-refractivity contribution in [3.8, 4) is 5.75 Å². The number of rotatable bonds is 4. The Morgan fingerprint density at radius 3 is 2.85 bits per heavy atom. The first-order valence-corrected chi connectivity index (χ1v) is 6.41. The van der Waals surface area contributed by atoms with E-state index < -0.39 is 0 Å². The van der Waals surface area contributed by atoms with Gasteiger partial charge in [0.25, 0.3) is 0 Å². The lowest BCUT2D eigenvalue weighted by atomic mass is 10.1. The van der Waals surface area contributed by atoms with Crippen LogP contribution in [-0.4, -0.2) is 12.1 Å². The topological polar surface area (TPSA) is 60.2 Å². The maximum absolute atomic E-state index is 6.19. The summed E-state index contributed by atoms with van der Waals surface area (Å²) in [5, 5.41) is 5.29. The van der Waals surface area contributed by atoms with Crippen molar-refractivity contribution in [3.05, 3.63) is 53.5 Å². The summed E-state index contributed by atoms with van der Waals surface area (Å²) in [4.78, 5) is 4.29. The van der Waals surface area contributed by atoms with Crippen LogP contribution in [0.4, 0.5) is 5.82 Å². The molecule has 0 amide bonds. The Labute approximate surface area is 122 Å². The minimum Gasteiger partial charge on any atom is -0.497 e. The van der Waals surface area contributed by atoms with Gasteiger partial charge in [0.1, 0.15) is 16.7 Å². The average molecular weight is 290 g/mol. The molecule has 0 unspecified atom stereocenters. The second-order valence-electron chi connectivity index (χ2n) is 4.42. The molecule has 20 heavy (non-hydrogen) atoms. The first-order valence-electron chi connectivity index (χ1n) is 6.03. The van der Waals surface area contributed by atoms with Crippen molar-refractivity contribution in [2.75, 3.05) is 12.4 Å². The van der Waals surface area contributed by atoms with Gasteiger partial charge in [-0.05, 0) is 42.7 Å². The van der Waals surface area contributed by atoms with Crippen LogP contribution >= 0.6 is 11.6 Å². The van der Waals surface area contributed by atoms with Crippen molar-refractivity contribution >= 4 is 28.2 Å². The normalized spacial score (nSPS) is 11.4. The van der Waals surface area contributed by atoms with E-state index in [1.54, 1.807) is 20.1 Å². The van der Waals surface area contributed by atoms with Crippen LogP contribution in [0, 0.1) is 0 Å². The number of pyridine rings is 1. The molecule has 0 spiro atoms. The highest BCUT2D eigenvalue weighted by Gasteiger charge is 2.06. The van der Waals surface area contributed by atoms with E-state index in [-0.39, 0.29) is 0 Å². The number of nitrogens with zero attached hydrogens (tertiary/aromatic N) is 1. The summed E-state index contributed by atoms with van der Waals surface area (Å²) >= 11 is 6.19. The number of allylic oxidation sites excluding steroid dienone is 2. The first kappa shape index (κ1) is 14.2. The number of ether oxygens (including phenoxy) is 1. The summed E-state index contributed by atoms with van der Waals surface area (Å²) < 4.78 is 5.21. The van der Waals surface area contributed by atoms with Crippen molar-refractivity contribution < 1.29 is 4.74 Å². The zero-order chi connectivity index (χ0) is 14.7. The zero-order valence-corrected chi connectivity index (χ0v) is 12.2. The van der Waals surface area contributed by atoms with Gasteiger partial charge in [-0.15, -0.1) is 0 Å². The fraction of sp³-hybridized carbons (Fsp3) is 0.133. The van der Waals surface area contributed by atoms with Crippen LogP contribution in [0.3, 0.4) is 0 Å². The van der Waals surface area contributed by atoms with Crippen LogP contribution in [0.1, 0.15) is 6.92 Å². The number of benzene rings is 1. The second-order valence-corrected chi connectivity index (χ2v) is 4.78. The van der Waals surface area contributed by atoms with Gasteiger partial charge in [0.2, 0.25) is 0 Å². The maximum atomic E-state index is 6.19. The first-order chi connectivity index (χ1) is 9.49. The molecule has 0 fully saturated rings. The minimum absolute atomic E-state index is 0.425. The van der Waals surface area contributed by atoms with Gasteiger partial charge >= 0.3 is 0 Å². The van der Waals surface area contributed by atoms with Crippen molar-refractivity contribution in [2.24, 2.45) is 5.73 Å². The quantitative estimate of drug-likeness (QED) is 0.666. The smallest absolute Gasteiger partial charge is 0.139 e. The highest BCUT2D eigenvalue weighted by atomic mass is 35.5. The molecule has 2 aromatic rings. The molecule has 1 aromatic heterocycles. The van der Waals surface area contributed by atoms with E-state index in [0.717, 1.165) is 16.5 Å². The SMILES string of the molecule is C=C(/C=C(/C)N)Nc1cc2cc(OC)ccc2c(Cl)n1. The molecule has 1 heterocycles. The summed E-state index contributed by atoms with van der Waals surface area (Å²) in [6.07, 6.45) is 1.73. The van der Waals surface area contributed by atoms with E-state index in [1.807, 2.05) is 24.3 Å². The lowest BCUT2D eigenvalue weighted by Crippen LogP contribution is -2.01. The van der Waals surface area contributed by atoms with E-state index >= 15 is 0 Å². The van der Waals surface area contributed by atoms with Gasteiger partial charge in [0.15, 0.2) is 0 Å². The van der Waals surface area contributed by atoms with E-state index in [1.165, 1.54) is 0 Å². The van der Waals surface area contributed by atoms with Gasteiger partial charge in [-0.25, -0.2) is 4.98 Å². The lowest BCUT2D eigenvalue weighted by molar-refractivity contribution is 0.415. The molecule has 0 aliphatic rings. The molecule has 4 nitrogen and oxygen atoms in total. The molecule has 0 aliphatic heterocycles. The number of fused-ring (bicyclic) bond motifs is 1. The number of nitrogens with two attached hydrogens (primary N) is 1. The molecule has 104 valence electrons. The van der Waals surface area contributed by atoms with Crippen LogP contribution in [0.5, 0.6) is 5.75 Å². The number of hydrogen-bond donors (Lipinski definition) is 2. The summed E-state index contributed by atoms with van der Waals surface area (Å²) in [6.45, 7) is 5.65. The standard InChI is InChI=1S/C15H16ClN3O/c1-9(17)6-10(2)18-14-8-11-7-12(20-3)4-5-13(11)15(16)19-14/h4-8H,2,17H2,1,3H3,(H,18,19)/b9-6-. The van der Waals surface area contributed by atoms with Gasteiger partial charge in [0.05, 0.1) is 7.11 Å². The van der Waals surface area contributed by atoms with E-state index in [4.69, 9.17) is 22.1 Å². The number of methoxy groups -OCH3 is 1. The van der Waals surface area contributed by atoms with Gasteiger partial charge in [-0.3, -0.25) is 0 Å². The molecule has 0 saturated heterocycles. The Bertz CT molecular complexity index is 691. The van der Waals surface area contributed by atoms with Gasteiger partial charge in [-0.2, -0.15) is 0 Å². The molecule has 0 aliphatic carbocycles. The molecule has 2 rings (SSSR count). The van der Waals surface area contributed by atoms with Crippen molar-refractivity contribution in [1.29, 1.82) is 0 Å². The minimum atomic E-state index is 0.425. The van der Waals surface area contributed by atoms with Crippen molar-refractivity contribution in [2.45, 2.75) is 6.92 Å². The van der Waals surface area contributed by atoms with E-state index in [9.17, 15) is 0 Å². The second kappa shape index (κ2) is 5.84. The number of nitrogens with one attached hydrogen (secondary N) is 1. The molecule has 3 N–H and O–H groups in total. The van der Waals surface area contributed by atoms with Gasteiger partial charge < -0.3 is 15.8 Å². The van der Waals surface area contributed by atoms with Crippen LogP contribution in [0.2, 0.25) is 5.15 Å². The van der Waals surface area contributed by atoms with E-state index in [0.29, 0.717) is 22.4 Å². The number of anilines is 1. The Morgan fingerprint density at radius 2 is 2.20 bits per heavy atom. The summed E-state index contributed by atoms with van der Waals surface area (Å²) in [5.41, 5.74) is 6.91. The molecule has 0 radical (unpaired) electrons. The van der Waals surface area contributed by atoms with Crippen LogP contribution in [0.15, 0.2) is 48.3 Å². The number of hydrogen-bond acceptors (Lipinski definition) is 4. The fourth-order valence-corrected chi connectivity index (χ4v) is 2.12. The summed E-state index contributed by atoms with van der Waals surface area (Å²) in [5.74, 6) is 1.38. The van der Waals surface area contributed by atoms with Gasteiger partial charge in [-0.1, -0.05) is 18.2 Å². The summed E-state index contributed by atoms with van der Waals surface area (Å²) in [7, 11) is 1.62. The molecule has 0 saturated carbocycles. The third-order valence-corrected chi connectivity index (χ3v) is 2.97. The molecule has 1 aromatic carbocycles. The molecule has 5 heteroatoms.